The zero-order valence-corrected chi connectivity index (χ0v) is 18.7. The summed E-state index contributed by atoms with van der Waals surface area (Å²) in [6, 6.07) is 15.9. The number of hydrogen-bond donors (Lipinski definition) is 2. The second-order valence-corrected chi connectivity index (χ2v) is 8.28. The van der Waals surface area contributed by atoms with Crippen molar-refractivity contribution in [2.75, 3.05) is 30.4 Å². The number of benzene rings is 2. The molecule has 1 saturated heterocycles. The first kappa shape index (κ1) is 20.8. The van der Waals surface area contributed by atoms with Crippen molar-refractivity contribution in [3.63, 3.8) is 0 Å². The van der Waals surface area contributed by atoms with Gasteiger partial charge in [0.2, 0.25) is 5.95 Å². The molecule has 0 aliphatic carbocycles. The van der Waals surface area contributed by atoms with Crippen LogP contribution in [0.3, 0.4) is 0 Å². The third-order valence-electron chi connectivity index (χ3n) is 6.14. The maximum absolute atomic E-state index is 9.23. The van der Waals surface area contributed by atoms with Crippen LogP contribution in [0.5, 0.6) is 0 Å². The van der Waals surface area contributed by atoms with Crippen molar-refractivity contribution in [2.24, 2.45) is 12.8 Å². The highest BCUT2D eigenvalue weighted by Crippen LogP contribution is 2.38. The molecule has 1 aliphatic rings. The quantitative estimate of drug-likeness (QED) is 0.498. The molecule has 0 unspecified atom stereocenters. The number of fused-ring (bicyclic) bond motifs is 1. The van der Waals surface area contributed by atoms with Gasteiger partial charge in [-0.15, -0.1) is 5.10 Å². The van der Waals surface area contributed by atoms with Crippen molar-refractivity contribution in [2.45, 2.75) is 18.9 Å². The fourth-order valence-corrected chi connectivity index (χ4v) is 4.25. The van der Waals surface area contributed by atoms with Gasteiger partial charge in [0.1, 0.15) is 11.3 Å². The lowest BCUT2D eigenvalue weighted by molar-refractivity contribution is 0.496. The molecule has 3 N–H and O–H groups in total. The predicted molar refractivity (Wildman–Crippen MR) is 129 cm³/mol. The van der Waals surface area contributed by atoms with Crippen LogP contribution in [-0.4, -0.2) is 51.1 Å². The van der Waals surface area contributed by atoms with E-state index in [0.717, 1.165) is 65.2 Å². The Labute approximate surface area is 191 Å². The van der Waals surface area contributed by atoms with E-state index in [0.29, 0.717) is 11.5 Å². The highest BCUT2D eigenvalue weighted by Gasteiger charge is 2.23. The lowest BCUT2D eigenvalue weighted by atomic mass is 9.98. The third kappa shape index (κ3) is 3.85. The van der Waals surface area contributed by atoms with Gasteiger partial charge in [0.25, 0.3) is 0 Å². The van der Waals surface area contributed by atoms with Crippen LogP contribution < -0.4 is 16.0 Å². The Morgan fingerprint density at radius 3 is 2.48 bits per heavy atom. The van der Waals surface area contributed by atoms with E-state index in [1.165, 1.54) is 0 Å². The second kappa shape index (κ2) is 8.48. The Balaban J connectivity index is 1.70. The molecular weight excluding hydrogens is 414 g/mol. The van der Waals surface area contributed by atoms with E-state index in [9.17, 15) is 5.26 Å². The minimum Gasteiger partial charge on any atom is -0.372 e. The molecule has 5 rings (SSSR count). The summed E-state index contributed by atoms with van der Waals surface area (Å²) in [7, 11) is 3.74. The van der Waals surface area contributed by atoms with Crippen LogP contribution in [0, 0.1) is 11.3 Å². The van der Waals surface area contributed by atoms with Crippen molar-refractivity contribution in [3.05, 3.63) is 48.0 Å². The van der Waals surface area contributed by atoms with Crippen molar-refractivity contribution in [1.29, 1.82) is 5.26 Å². The Morgan fingerprint density at radius 1 is 1.06 bits per heavy atom. The summed E-state index contributed by atoms with van der Waals surface area (Å²) in [4.78, 5) is 12.1. The van der Waals surface area contributed by atoms with Crippen LogP contribution in [0.15, 0.2) is 42.5 Å². The SMILES string of the molecule is CNc1nc(N2CCC(N)CC2)nc(-c2ccc(C#N)cc2)c1-c1ccc2c(c1)nnn2C. The fraction of sp³-hybridized carbons (Fsp3) is 0.292. The molecule has 9 nitrogen and oxygen atoms in total. The molecule has 1 aliphatic heterocycles. The van der Waals surface area contributed by atoms with Gasteiger partial charge >= 0.3 is 0 Å². The molecule has 33 heavy (non-hydrogen) atoms. The number of aryl methyl sites for hydroxylation is 1. The third-order valence-corrected chi connectivity index (χ3v) is 6.14. The molecule has 2 aromatic heterocycles. The largest absolute Gasteiger partial charge is 0.372 e. The summed E-state index contributed by atoms with van der Waals surface area (Å²) in [5.74, 6) is 1.41. The number of rotatable bonds is 4. The van der Waals surface area contributed by atoms with E-state index in [2.05, 4.69) is 26.6 Å². The average molecular weight is 440 g/mol. The number of hydrogen-bond acceptors (Lipinski definition) is 8. The van der Waals surface area contributed by atoms with E-state index >= 15 is 0 Å². The second-order valence-electron chi connectivity index (χ2n) is 8.28. The van der Waals surface area contributed by atoms with Crippen LogP contribution in [0.2, 0.25) is 0 Å². The van der Waals surface area contributed by atoms with E-state index in [1.807, 2.05) is 56.6 Å². The maximum Gasteiger partial charge on any atom is 0.227 e. The standard InChI is InChI=1S/C24H25N9/c1-27-23-21(17-7-8-20-19(13-17)30-31-32(20)2)22(16-5-3-15(14-25)4-6-16)28-24(29-23)33-11-9-18(26)10-12-33/h3-8,13,18H,9-12,26H2,1-2H3,(H,27,28,29). The number of anilines is 2. The summed E-state index contributed by atoms with van der Waals surface area (Å²) >= 11 is 0. The molecule has 2 aromatic carbocycles. The summed E-state index contributed by atoms with van der Waals surface area (Å²) in [6.45, 7) is 1.64. The number of aromatic nitrogens is 5. The zero-order chi connectivity index (χ0) is 22.9. The van der Waals surface area contributed by atoms with Crippen molar-refractivity contribution in [3.8, 4) is 28.5 Å². The summed E-state index contributed by atoms with van der Waals surface area (Å²) in [5, 5.41) is 20.9. The normalized spacial score (nSPS) is 14.4. The Hall–Kier alpha value is -4.03. The Morgan fingerprint density at radius 2 is 1.79 bits per heavy atom. The van der Waals surface area contributed by atoms with Crippen LogP contribution in [0.1, 0.15) is 18.4 Å². The zero-order valence-electron chi connectivity index (χ0n) is 18.7. The lowest BCUT2D eigenvalue weighted by Gasteiger charge is -2.31. The first-order chi connectivity index (χ1) is 16.1. The van der Waals surface area contributed by atoms with Gasteiger partial charge in [-0.2, -0.15) is 10.2 Å². The van der Waals surface area contributed by atoms with Crippen LogP contribution in [0.25, 0.3) is 33.4 Å². The Bertz CT molecular complexity index is 1340. The van der Waals surface area contributed by atoms with Crippen LogP contribution >= 0.6 is 0 Å². The van der Waals surface area contributed by atoms with Crippen molar-refractivity contribution in [1.82, 2.24) is 25.0 Å². The van der Waals surface area contributed by atoms with Gasteiger partial charge in [0.15, 0.2) is 0 Å². The molecule has 0 spiro atoms. The minimum absolute atomic E-state index is 0.223. The van der Waals surface area contributed by atoms with E-state index in [-0.39, 0.29) is 6.04 Å². The van der Waals surface area contributed by atoms with Gasteiger partial charge in [0, 0.05) is 38.8 Å². The topological polar surface area (TPSA) is 122 Å². The van der Waals surface area contributed by atoms with Gasteiger partial charge < -0.3 is 16.0 Å². The predicted octanol–water partition coefficient (Wildman–Crippen LogP) is 2.93. The fourth-order valence-electron chi connectivity index (χ4n) is 4.25. The molecule has 0 atom stereocenters. The number of nitrogens with one attached hydrogen (secondary N) is 1. The minimum atomic E-state index is 0.223. The molecule has 9 heteroatoms. The van der Waals surface area contributed by atoms with E-state index in [1.54, 1.807) is 4.68 Å². The first-order valence-electron chi connectivity index (χ1n) is 11.0. The molecule has 3 heterocycles. The van der Waals surface area contributed by atoms with Gasteiger partial charge in [-0.1, -0.05) is 23.4 Å². The van der Waals surface area contributed by atoms with Crippen molar-refractivity contribution < 1.29 is 0 Å². The van der Waals surface area contributed by atoms with Gasteiger partial charge in [-0.3, -0.25) is 0 Å². The number of nitrogens with zero attached hydrogens (tertiary/aromatic N) is 7. The first-order valence-corrected chi connectivity index (χ1v) is 11.0. The van der Waals surface area contributed by atoms with Gasteiger partial charge in [-0.05, 0) is 42.7 Å². The number of piperidine rings is 1. The summed E-state index contributed by atoms with van der Waals surface area (Å²) < 4.78 is 1.75. The van der Waals surface area contributed by atoms with Crippen LogP contribution in [0.4, 0.5) is 11.8 Å². The van der Waals surface area contributed by atoms with Gasteiger partial charge in [-0.25, -0.2) is 9.67 Å². The molecule has 1 fully saturated rings. The van der Waals surface area contributed by atoms with E-state index < -0.39 is 0 Å². The average Bonchev–Trinajstić information content (AvgIpc) is 3.23. The highest BCUT2D eigenvalue weighted by molar-refractivity contribution is 5.92. The number of nitrogens with two attached hydrogens (primary N) is 1. The Kier molecular flexibility index (Phi) is 5.36. The molecular formula is C24H25N9. The van der Waals surface area contributed by atoms with Crippen molar-refractivity contribution >= 4 is 22.8 Å². The highest BCUT2D eigenvalue weighted by atomic mass is 15.4. The molecule has 0 saturated carbocycles. The molecule has 0 radical (unpaired) electrons. The van der Waals surface area contributed by atoms with Crippen LogP contribution in [-0.2, 0) is 7.05 Å². The lowest BCUT2D eigenvalue weighted by Crippen LogP contribution is -2.40. The maximum atomic E-state index is 9.23. The number of nitriles is 1. The van der Waals surface area contributed by atoms with Gasteiger partial charge in [0.05, 0.1) is 28.4 Å². The molecule has 0 amide bonds. The van der Waals surface area contributed by atoms with E-state index in [4.69, 9.17) is 15.7 Å². The monoisotopic (exact) mass is 439 g/mol. The smallest absolute Gasteiger partial charge is 0.227 e. The molecule has 0 bridgehead atoms. The molecule has 4 aromatic rings. The summed E-state index contributed by atoms with van der Waals surface area (Å²) in [6.07, 6.45) is 1.82. The summed E-state index contributed by atoms with van der Waals surface area (Å²) in [5.41, 5.74) is 12.0. The molecule has 166 valence electrons.